The normalized spacial score (nSPS) is 9.69. The maximum Gasteiger partial charge on any atom is 0.249 e. The summed E-state index contributed by atoms with van der Waals surface area (Å²) in [5, 5.41) is 0. The van der Waals surface area contributed by atoms with Gasteiger partial charge in [0.25, 0.3) is 0 Å². The fraction of sp³-hybridized carbons (Fsp3) is 0.111. The zero-order chi connectivity index (χ0) is 10.0. The van der Waals surface area contributed by atoms with Crippen molar-refractivity contribution in [3.63, 3.8) is 0 Å². The number of rotatable bonds is 2. The molecule has 0 aliphatic carbocycles. The second kappa shape index (κ2) is 3.87. The molecule has 2 N–H and O–H groups in total. The van der Waals surface area contributed by atoms with Crippen LogP contribution in [0.2, 0.25) is 0 Å². The Morgan fingerprint density at radius 3 is 2.62 bits per heavy atom. The molecule has 1 rings (SSSR count). The molecule has 0 aliphatic rings. The topological polar surface area (TPSA) is 60.2 Å². The quantitative estimate of drug-likeness (QED) is 0.662. The fourth-order valence-corrected chi connectivity index (χ4v) is 1.77. The Morgan fingerprint density at radius 2 is 2.15 bits per heavy atom. The van der Waals surface area contributed by atoms with Gasteiger partial charge < -0.3 is 5.73 Å². The number of carbonyl (C=O) groups excluding carboxylic acids is 2. The van der Waals surface area contributed by atoms with E-state index in [-0.39, 0.29) is 0 Å². The number of primary amides is 1. The predicted molar refractivity (Wildman–Crippen MR) is 57.8 cm³/mol. The van der Waals surface area contributed by atoms with Gasteiger partial charge in [0, 0.05) is 9.13 Å². The van der Waals surface area contributed by atoms with E-state index in [2.05, 4.69) is 0 Å². The lowest BCUT2D eigenvalue weighted by atomic mass is 10.1. The van der Waals surface area contributed by atoms with E-state index in [0.717, 1.165) is 11.8 Å². The number of amides is 1. The number of hydrogen-bond donors (Lipinski definition) is 1. The van der Waals surface area contributed by atoms with Crippen molar-refractivity contribution in [1.29, 1.82) is 0 Å². The third-order valence-electron chi connectivity index (χ3n) is 1.64. The van der Waals surface area contributed by atoms with Gasteiger partial charge in [-0.05, 0) is 47.2 Å². The monoisotopic (exact) mass is 289 g/mol. The minimum Gasteiger partial charge on any atom is -0.366 e. The average Bonchev–Trinajstić information content (AvgIpc) is 2.08. The number of aldehydes is 1. The van der Waals surface area contributed by atoms with E-state index in [1.165, 1.54) is 0 Å². The fourth-order valence-electron chi connectivity index (χ4n) is 1.06. The Balaban J connectivity index is 3.44. The number of aryl methyl sites for hydroxylation is 1. The van der Waals surface area contributed by atoms with Crippen LogP contribution in [-0.2, 0) is 0 Å². The maximum atomic E-state index is 10.9. The molecule has 0 saturated heterocycles. The summed E-state index contributed by atoms with van der Waals surface area (Å²) in [7, 11) is 0. The molecule has 4 heteroatoms. The first-order chi connectivity index (χ1) is 6.06. The first-order valence-corrected chi connectivity index (χ1v) is 4.69. The van der Waals surface area contributed by atoms with E-state index in [0.29, 0.717) is 14.7 Å². The van der Waals surface area contributed by atoms with Gasteiger partial charge in [-0.1, -0.05) is 0 Å². The molecular weight excluding hydrogens is 281 g/mol. The van der Waals surface area contributed by atoms with Crippen molar-refractivity contribution >= 4 is 34.8 Å². The van der Waals surface area contributed by atoms with Gasteiger partial charge in [-0.25, -0.2) is 0 Å². The summed E-state index contributed by atoms with van der Waals surface area (Å²) in [6.07, 6.45) is 0.723. The van der Waals surface area contributed by atoms with Crippen molar-refractivity contribution in [3.05, 3.63) is 32.4 Å². The highest BCUT2D eigenvalue weighted by Crippen LogP contribution is 2.18. The molecule has 68 valence electrons. The van der Waals surface area contributed by atoms with Gasteiger partial charge in [0.05, 0.1) is 5.56 Å². The Hall–Kier alpha value is -0.910. The molecule has 1 aromatic rings. The van der Waals surface area contributed by atoms with Crippen LogP contribution in [0, 0.1) is 10.5 Å². The zero-order valence-electron chi connectivity index (χ0n) is 7.00. The summed E-state index contributed by atoms with van der Waals surface area (Å²) in [5.41, 5.74) is 6.92. The first kappa shape index (κ1) is 10.2. The van der Waals surface area contributed by atoms with Gasteiger partial charge in [-0.15, -0.1) is 0 Å². The second-order valence-electron chi connectivity index (χ2n) is 2.70. The standard InChI is InChI=1S/C9H8INO2/c1-5-2-6(4-12)8(10)7(3-5)9(11)13/h2-4H,1H3,(H2,11,13). The van der Waals surface area contributed by atoms with E-state index in [1.807, 2.05) is 29.5 Å². The third-order valence-corrected chi connectivity index (χ3v) is 2.84. The Morgan fingerprint density at radius 1 is 1.54 bits per heavy atom. The Bertz CT molecular complexity index is 374. The summed E-state index contributed by atoms with van der Waals surface area (Å²) in [5.74, 6) is -0.504. The van der Waals surface area contributed by atoms with Crippen molar-refractivity contribution in [2.75, 3.05) is 0 Å². The Labute approximate surface area is 89.5 Å². The summed E-state index contributed by atoms with van der Waals surface area (Å²) in [4.78, 5) is 21.5. The van der Waals surface area contributed by atoms with Crippen molar-refractivity contribution in [2.24, 2.45) is 5.73 Å². The average molecular weight is 289 g/mol. The van der Waals surface area contributed by atoms with Crippen LogP contribution in [0.25, 0.3) is 0 Å². The maximum absolute atomic E-state index is 10.9. The molecule has 0 aliphatic heterocycles. The van der Waals surface area contributed by atoms with Crippen LogP contribution < -0.4 is 5.73 Å². The molecule has 13 heavy (non-hydrogen) atoms. The molecule has 1 amide bonds. The lowest BCUT2D eigenvalue weighted by Gasteiger charge is -2.04. The van der Waals surface area contributed by atoms with Crippen molar-refractivity contribution < 1.29 is 9.59 Å². The van der Waals surface area contributed by atoms with E-state index in [1.54, 1.807) is 12.1 Å². The molecule has 3 nitrogen and oxygen atoms in total. The van der Waals surface area contributed by atoms with Crippen LogP contribution in [0.4, 0.5) is 0 Å². The molecular formula is C9H8INO2. The largest absolute Gasteiger partial charge is 0.366 e. The minimum atomic E-state index is -0.504. The highest BCUT2D eigenvalue weighted by Gasteiger charge is 2.10. The summed E-state index contributed by atoms with van der Waals surface area (Å²) >= 11 is 1.94. The molecule has 0 bridgehead atoms. The molecule has 1 aromatic carbocycles. The molecule has 0 radical (unpaired) electrons. The molecule has 0 saturated carbocycles. The molecule has 0 spiro atoms. The van der Waals surface area contributed by atoms with Crippen LogP contribution in [0.1, 0.15) is 26.3 Å². The summed E-state index contributed by atoms with van der Waals surface area (Å²) < 4.78 is 0.616. The van der Waals surface area contributed by atoms with E-state index >= 15 is 0 Å². The number of carbonyl (C=O) groups is 2. The second-order valence-corrected chi connectivity index (χ2v) is 3.78. The number of halogens is 1. The van der Waals surface area contributed by atoms with Crippen molar-refractivity contribution in [3.8, 4) is 0 Å². The molecule has 0 unspecified atom stereocenters. The third kappa shape index (κ3) is 2.06. The predicted octanol–water partition coefficient (Wildman–Crippen LogP) is 1.51. The molecule has 0 aromatic heterocycles. The van der Waals surface area contributed by atoms with Crippen molar-refractivity contribution in [1.82, 2.24) is 0 Å². The number of hydrogen-bond acceptors (Lipinski definition) is 2. The summed E-state index contributed by atoms with van der Waals surface area (Å²) in [6.45, 7) is 1.82. The highest BCUT2D eigenvalue weighted by molar-refractivity contribution is 14.1. The Kier molecular flexibility index (Phi) is 3.02. The van der Waals surface area contributed by atoms with Crippen LogP contribution in [0.3, 0.4) is 0 Å². The van der Waals surface area contributed by atoms with Crippen molar-refractivity contribution in [2.45, 2.75) is 6.92 Å². The van der Waals surface area contributed by atoms with Gasteiger partial charge in [-0.2, -0.15) is 0 Å². The molecule has 0 atom stereocenters. The smallest absolute Gasteiger partial charge is 0.249 e. The lowest BCUT2D eigenvalue weighted by molar-refractivity contribution is 0.0999. The van der Waals surface area contributed by atoms with Crippen LogP contribution in [-0.4, -0.2) is 12.2 Å². The first-order valence-electron chi connectivity index (χ1n) is 3.61. The lowest BCUT2D eigenvalue weighted by Crippen LogP contribution is -2.14. The van der Waals surface area contributed by atoms with E-state index in [4.69, 9.17) is 5.73 Å². The van der Waals surface area contributed by atoms with Gasteiger partial charge in [0.1, 0.15) is 0 Å². The van der Waals surface area contributed by atoms with E-state index < -0.39 is 5.91 Å². The molecule has 0 heterocycles. The van der Waals surface area contributed by atoms with Gasteiger partial charge >= 0.3 is 0 Å². The van der Waals surface area contributed by atoms with Gasteiger partial charge in [0.2, 0.25) is 5.91 Å². The van der Waals surface area contributed by atoms with E-state index in [9.17, 15) is 9.59 Å². The number of nitrogens with two attached hydrogens (primary N) is 1. The minimum absolute atomic E-state index is 0.405. The molecule has 0 fully saturated rings. The zero-order valence-corrected chi connectivity index (χ0v) is 9.16. The van der Waals surface area contributed by atoms with Gasteiger partial charge in [0.15, 0.2) is 6.29 Å². The highest BCUT2D eigenvalue weighted by atomic mass is 127. The summed E-state index contributed by atoms with van der Waals surface area (Å²) in [6, 6.07) is 3.40. The van der Waals surface area contributed by atoms with Crippen LogP contribution in [0.15, 0.2) is 12.1 Å². The van der Waals surface area contributed by atoms with Crippen LogP contribution >= 0.6 is 22.6 Å². The number of benzene rings is 1. The van der Waals surface area contributed by atoms with Crippen LogP contribution in [0.5, 0.6) is 0 Å². The SMILES string of the molecule is Cc1cc(C=O)c(I)c(C(N)=O)c1. The van der Waals surface area contributed by atoms with Gasteiger partial charge in [-0.3, -0.25) is 9.59 Å².